The van der Waals surface area contributed by atoms with Crippen molar-refractivity contribution in [3.8, 4) is 0 Å². The third kappa shape index (κ3) is 2.20. The first-order valence-electron chi connectivity index (χ1n) is 6.81. The van der Waals surface area contributed by atoms with Crippen molar-refractivity contribution in [1.29, 1.82) is 0 Å². The van der Waals surface area contributed by atoms with E-state index in [0.29, 0.717) is 12.5 Å². The first-order valence-corrected chi connectivity index (χ1v) is 6.81. The van der Waals surface area contributed by atoms with Crippen molar-refractivity contribution in [2.24, 2.45) is 5.92 Å². The van der Waals surface area contributed by atoms with Gasteiger partial charge in [0.1, 0.15) is 5.82 Å². The van der Waals surface area contributed by atoms with Crippen LogP contribution in [0.4, 0.5) is 10.1 Å². The molecule has 0 saturated heterocycles. The summed E-state index contributed by atoms with van der Waals surface area (Å²) < 4.78 is 13.8. The van der Waals surface area contributed by atoms with Crippen molar-refractivity contribution in [2.45, 2.75) is 13.3 Å². The van der Waals surface area contributed by atoms with Crippen LogP contribution in [0.5, 0.6) is 0 Å². The van der Waals surface area contributed by atoms with Crippen LogP contribution in [0.1, 0.15) is 22.8 Å². The number of amides is 1. The van der Waals surface area contributed by atoms with Crippen LogP contribution >= 0.6 is 0 Å². The fourth-order valence-corrected chi connectivity index (χ4v) is 2.77. The van der Waals surface area contributed by atoms with Crippen molar-refractivity contribution >= 4 is 11.6 Å². The van der Waals surface area contributed by atoms with Gasteiger partial charge in [-0.1, -0.05) is 37.3 Å². The van der Waals surface area contributed by atoms with E-state index in [4.69, 9.17) is 0 Å². The van der Waals surface area contributed by atoms with E-state index in [2.05, 4.69) is 6.92 Å². The molecule has 20 heavy (non-hydrogen) atoms. The van der Waals surface area contributed by atoms with Crippen LogP contribution in [0, 0.1) is 11.7 Å². The fourth-order valence-electron chi connectivity index (χ4n) is 2.77. The van der Waals surface area contributed by atoms with Crippen LogP contribution in [0.15, 0.2) is 48.5 Å². The molecule has 0 saturated carbocycles. The minimum Gasteiger partial charge on any atom is -0.308 e. The zero-order valence-electron chi connectivity index (χ0n) is 11.3. The summed E-state index contributed by atoms with van der Waals surface area (Å²) in [4.78, 5) is 14.3. The summed E-state index contributed by atoms with van der Waals surface area (Å²) in [5, 5.41) is 0. The largest absolute Gasteiger partial charge is 0.308 e. The lowest BCUT2D eigenvalue weighted by Gasteiger charge is -2.33. The number of benzene rings is 2. The summed E-state index contributed by atoms with van der Waals surface area (Å²) in [5.41, 5.74) is 2.19. The highest BCUT2D eigenvalue weighted by atomic mass is 19.1. The van der Waals surface area contributed by atoms with Gasteiger partial charge in [0.05, 0.1) is 5.56 Å². The Hall–Kier alpha value is -2.16. The molecule has 3 rings (SSSR count). The van der Waals surface area contributed by atoms with Crippen molar-refractivity contribution in [3.05, 3.63) is 65.5 Å². The molecular weight excluding hydrogens is 253 g/mol. The maximum absolute atomic E-state index is 13.8. The summed E-state index contributed by atoms with van der Waals surface area (Å²) in [7, 11) is 0. The van der Waals surface area contributed by atoms with E-state index in [9.17, 15) is 9.18 Å². The molecule has 1 amide bonds. The van der Waals surface area contributed by atoms with Crippen molar-refractivity contribution in [1.82, 2.24) is 0 Å². The Labute approximate surface area is 117 Å². The number of carbonyl (C=O) groups excluding carboxylic acids is 1. The van der Waals surface area contributed by atoms with Gasteiger partial charge >= 0.3 is 0 Å². The second-order valence-electron chi connectivity index (χ2n) is 5.33. The highest BCUT2D eigenvalue weighted by Crippen LogP contribution is 2.30. The van der Waals surface area contributed by atoms with Crippen LogP contribution < -0.4 is 4.90 Å². The van der Waals surface area contributed by atoms with Gasteiger partial charge in [0.25, 0.3) is 5.91 Å². The van der Waals surface area contributed by atoms with Crippen LogP contribution in [0.25, 0.3) is 0 Å². The second kappa shape index (κ2) is 5.08. The zero-order chi connectivity index (χ0) is 14.1. The van der Waals surface area contributed by atoms with Crippen LogP contribution in [-0.2, 0) is 6.42 Å². The van der Waals surface area contributed by atoms with Gasteiger partial charge in [-0.25, -0.2) is 4.39 Å². The van der Waals surface area contributed by atoms with E-state index in [0.717, 1.165) is 17.7 Å². The molecule has 2 nitrogen and oxygen atoms in total. The number of nitrogens with zero attached hydrogens (tertiary/aromatic N) is 1. The van der Waals surface area contributed by atoms with E-state index < -0.39 is 5.82 Å². The monoisotopic (exact) mass is 269 g/mol. The third-order valence-corrected chi connectivity index (χ3v) is 3.69. The first-order chi connectivity index (χ1) is 9.66. The number of fused-ring (bicyclic) bond motifs is 1. The molecule has 1 heterocycles. The number of para-hydroxylation sites is 1. The van der Waals surface area contributed by atoms with Crippen LogP contribution in [-0.4, -0.2) is 12.5 Å². The van der Waals surface area contributed by atoms with Crippen molar-refractivity contribution in [2.75, 3.05) is 11.4 Å². The third-order valence-electron chi connectivity index (χ3n) is 3.69. The minimum atomic E-state index is -0.465. The topological polar surface area (TPSA) is 20.3 Å². The molecule has 0 spiro atoms. The molecule has 1 aliphatic rings. The highest BCUT2D eigenvalue weighted by Gasteiger charge is 2.27. The second-order valence-corrected chi connectivity index (χ2v) is 5.33. The zero-order valence-corrected chi connectivity index (χ0v) is 11.3. The summed E-state index contributed by atoms with van der Waals surface area (Å²) in [6, 6.07) is 14.0. The van der Waals surface area contributed by atoms with E-state index in [-0.39, 0.29) is 11.5 Å². The Morgan fingerprint density at radius 1 is 1.15 bits per heavy atom. The fraction of sp³-hybridized carbons (Fsp3) is 0.235. The number of hydrogen-bond donors (Lipinski definition) is 0. The number of halogens is 1. The quantitative estimate of drug-likeness (QED) is 0.773. The maximum Gasteiger partial charge on any atom is 0.261 e. The molecule has 1 unspecified atom stereocenters. The Bertz CT molecular complexity index is 653. The van der Waals surface area contributed by atoms with Gasteiger partial charge in [0.15, 0.2) is 0 Å². The van der Waals surface area contributed by atoms with E-state index >= 15 is 0 Å². The van der Waals surface area contributed by atoms with Crippen molar-refractivity contribution < 1.29 is 9.18 Å². The Morgan fingerprint density at radius 2 is 1.85 bits per heavy atom. The molecule has 102 valence electrons. The molecule has 0 aromatic heterocycles. The molecule has 0 N–H and O–H groups in total. The number of rotatable bonds is 1. The molecule has 2 aromatic carbocycles. The molecule has 1 aliphatic heterocycles. The van der Waals surface area contributed by atoms with Gasteiger partial charge in [0.2, 0.25) is 0 Å². The molecule has 3 heteroatoms. The number of anilines is 1. The molecular formula is C17H16FNO. The Kier molecular flexibility index (Phi) is 3.26. The lowest BCUT2D eigenvalue weighted by atomic mass is 9.93. The van der Waals surface area contributed by atoms with E-state index in [1.54, 1.807) is 23.1 Å². The van der Waals surface area contributed by atoms with Gasteiger partial charge in [-0.2, -0.15) is 0 Å². The molecule has 1 atom stereocenters. The SMILES string of the molecule is CC1Cc2ccccc2N(C(=O)c2ccccc2F)C1. The predicted octanol–water partition coefficient (Wildman–Crippen LogP) is 3.66. The van der Waals surface area contributed by atoms with Gasteiger partial charge < -0.3 is 4.90 Å². The lowest BCUT2D eigenvalue weighted by molar-refractivity contribution is 0.0977. The summed E-state index contributed by atoms with van der Waals surface area (Å²) in [5.74, 6) is -0.351. The predicted molar refractivity (Wildman–Crippen MR) is 77.4 cm³/mol. The average molecular weight is 269 g/mol. The van der Waals surface area contributed by atoms with Gasteiger partial charge in [-0.15, -0.1) is 0 Å². The van der Waals surface area contributed by atoms with Crippen molar-refractivity contribution in [3.63, 3.8) is 0 Å². The van der Waals surface area contributed by atoms with E-state index in [1.165, 1.54) is 6.07 Å². The Balaban J connectivity index is 2.02. The average Bonchev–Trinajstić information content (AvgIpc) is 2.46. The minimum absolute atomic E-state index is 0.136. The first kappa shape index (κ1) is 12.9. The maximum atomic E-state index is 13.8. The van der Waals surface area contributed by atoms with Gasteiger partial charge in [-0.3, -0.25) is 4.79 Å². The molecule has 0 aliphatic carbocycles. The highest BCUT2D eigenvalue weighted by molar-refractivity contribution is 6.06. The lowest BCUT2D eigenvalue weighted by Crippen LogP contribution is -2.39. The Morgan fingerprint density at radius 3 is 2.65 bits per heavy atom. The molecule has 2 aromatic rings. The molecule has 0 radical (unpaired) electrons. The molecule has 0 bridgehead atoms. The van der Waals surface area contributed by atoms with Gasteiger partial charge in [0, 0.05) is 12.2 Å². The summed E-state index contributed by atoms with van der Waals surface area (Å²) >= 11 is 0. The number of hydrogen-bond acceptors (Lipinski definition) is 1. The van der Waals surface area contributed by atoms with E-state index in [1.807, 2.05) is 24.3 Å². The summed E-state index contributed by atoms with van der Waals surface area (Å²) in [6.07, 6.45) is 0.956. The molecule has 0 fully saturated rings. The summed E-state index contributed by atoms with van der Waals surface area (Å²) in [6.45, 7) is 2.74. The van der Waals surface area contributed by atoms with Crippen LogP contribution in [0.3, 0.4) is 0 Å². The smallest absolute Gasteiger partial charge is 0.261 e. The van der Waals surface area contributed by atoms with Crippen LogP contribution in [0.2, 0.25) is 0 Å². The standard InChI is InChI=1S/C17H16FNO/c1-12-10-13-6-2-5-9-16(13)19(11-12)17(20)14-7-3-4-8-15(14)18/h2-9,12H,10-11H2,1H3. The van der Waals surface area contributed by atoms with Gasteiger partial charge in [-0.05, 0) is 36.1 Å². The normalized spacial score (nSPS) is 17.7. The number of carbonyl (C=O) groups is 1.